The van der Waals surface area contributed by atoms with Crippen LogP contribution in [-0.4, -0.2) is 19.0 Å². The van der Waals surface area contributed by atoms with Crippen LogP contribution >= 0.6 is 0 Å². The van der Waals surface area contributed by atoms with Crippen molar-refractivity contribution < 1.29 is 4.79 Å². The van der Waals surface area contributed by atoms with Crippen LogP contribution in [0.15, 0.2) is 0 Å². The van der Waals surface area contributed by atoms with E-state index >= 15 is 0 Å². The van der Waals surface area contributed by atoms with Crippen LogP contribution in [0.3, 0.4) is 0 Å². The van der Waals surface area contributed by atoms with Gasteiger partial charge in [-0.05, 0) is 56.3 Å². The quantitative estimate of drug-likeness (QED) is 0.789. The predicted octanol–water partition coefficient (Wildman–Crippen LogP) is 2.30. The number of nitrogens with two attached hydrogens (primary N) is 1. The minimum Gasteiger partial charge on any atom is -0.355 e. The first kappa shape index (κ1) is 13.9. The maximum atomic E-state index is 12.4. The molecular formula is C15H28N2O. The first-order valence-corrected chi connectivity index (χ1v) is 7.56. The fourth-order valence-corrected chi connectivity index (χ4v) is 3.11. The lowest BCUT2D eigenvalue weighted by molar-refractivity contribution is -0.133. The van der Waals surface area contributed by atoms with E-state index in [1.54, 1.807) is 0 Å². The van der Waals surface area contributed by atoms with E-state index in [9.17, 15) is 4.79 Å². The lowest BCUT2D eigenvalue weighted by Crippen LogP contribution is -2.48. The zero-order chi connectivity index (χ0) is 13.2. The van der Waals surface area contributed by atoms with Gasteiger partial charge in [0.2, 0.25) is 5.91 Å². The molecule has 2 fully saturated rings. The Morgan fingerprint density at radius 1 is 1.33 bits per heavy atom. The number of carbonyl (C=O) groups is 1. The molecule has 3 N–H and O–H groups in total. The molecule has 0 radical (unpaired) electrons. The van der Waals surface area contributed by atoms with Crippen LogP contribution in [0.2, 0.25) is 0 Å². The molecule has 0 spiro atoms. The highest BCUT2D eigenvalue weighted by Gasteiger charge is 2.40. The van der Waals surface area contributed by atoms with Gasteiger partial charge in [0.15, 0.2) is 0 Å². The third-order valence-electron chi connectivity index (χ3n) is 5.12. The second-order valence-electron chi connectivity index (χ2n) is 6.69. The van der Waals surface area contributed by atoms with Gasteiger partial charge >= 0.3 is 0 Å². The summed E-state index contributed by atoms with van der Waals surface area (Å²) in [7, 11) is 0. The highest BCUT2D eigenvalue weighted by atomic mass is 16.2. The standard InChI is InChI=1S/C15H28N2O/c1-11-5-7-15(10-16,8-6-11)14(18)17-9-12(2)13-3-4-13/h11-13H,3-10,16H2,1-2H3,(H,17,18). The van der Waals surface area contributed by atoms with E-state index in [4.69, 9.17) is 5.73 Å². The molecule has 0 bridgehead atoms. The molecule has 1 unspecified atom stereocenters. The Morgan fingerprint density at radius 3 is 2.44 bits per heavy atom. The normalized spacial score (nSPS) is 34.1. The first-order chi connectivity index (χ1) is 8.57. The third-order valence-corrected chi connectivity index (χ3v) is 5.12. The van der Waals surface area contributed by atoms with Crippen molar-refractivity contribution in [2.24, 2.45) is 28.9 Å². The summed E-state index contributed by atoms with van der Waals surface area (Å²) in [5, 5.41) is 3.16. The van der Waals surface area contributed by atoms with Crippen molar-refractivity contribution in [1.82, 2.24) is 5.32 Å². The lowest BCUT2D eigenvalue weighted by atomic mass is 9.70. The van der Waals surface area contributed by atoms with Gasteiger partial charge in [0.1, 0.15) is 0 Å². The van der Waals surface area contributed by atoms with Gasteiger partial charge in [-0.1, -0.05) is 13.8 Å². The Kier molecular flexibility index (Phi) is 4.31. The average Bonchev–Trinajstić information content (AvgIpc) is 3.21. The van der Waals surface area contributed by atoms with Gasteiger partial charge in [0.05, 0.1) is 5.41 Å². The molecule has 0 aromatic carbocycles. The van der Waals surface area contributed by atoms with Crippen LogP contribution in [0.1, 0.15) is 52.4 Å². The van der Waals surface area contributed by atoms with E-state index in [0.29, 0.717) is 12.5 Å². The van der Waals surface area contributed by atoms with Crippen LogP contribution in [-0.2, 0) is 4.79 Å². The monoisotopic (exact) mass is 252 g/mol. The Labute approximate surface area is 111 Å². The summed E-state index contributed by atoms with van der Waals surface area (Å²) < 4.78 is 0. The van der Waals surface area contributed by atoms with Gasteiger partial charge in [-0.25, -0.2) is 0 Å². The Bertz CT molecular complexity index is 291. The van der Waals surface area contributed by atoms with Crippen molar-refractivity contribution in [1.29, 1.82) is 0 Å². The molecule has 2 aliphatic carbocycles. The van der Waals surface area contributed by atoms with E-state index in [1.165, 1.54) is 12.8 Å². The van der Waals surface area contributed by atoms with Crippen molar-refractivity contribution >= 4 is 5.91 Å². The van der Waals surface area contributed by atoms with Crippen molar-refractivity contribution in [3.8, 4) is 0 Å². The zero-order valence-corrected chi connectivity index (χ0v) is 11.9. The Balaban J connectivity index is 1.84. The van der Waals surface area contributed by atoms with Gasteiger partial charge in [-0.2, -0.15) is 0 Å². The molecule has 2 rings (SSSR count). The molecule has 18 heavy (non-hydrogen) atoms. The fraction of sp³-hybridized carbons (Fsp3) is 0.933. The largest absolute Gasteiger partial charge is 0.355 e. The van der Waals surface area contributed by atoms with E-state index in [1.807, 2.05) is 0 Å². The number of carbonyl (C=O) groups excluding carboxylic acids is 1. The highest BCUT2D eigenvalue weighted by Crippen LogP contribution is 2.39. The maximum Gasteiger partial charge on any atom is 0.227 e. The second-order valence-corrected chi connectivity index (χ2v) is 6.69. The number of rotatable bonds is 5. The van der Waals surface area contributed by atoms with Crippen LogP contribution in [0.4, 0.5) is 0 Å². The maximum absolute atomic E-state index is 12.4. The molecule has 1 amide bonds. The zero-order valence-electron chi connectivity index (χ0n) is 11.9. The Morgan fingerprint density at radius 2 is 1.94 bits per heavy atom. The molecule has 1 atom stereocenters. The fourth-order valence-electron chi connectivity index (χ4n) is 3.11. The molecule has 0 saturated heterocycles. The molecule has 104 valence electrons. The molecule has 0 heterocycles. The van der Waals surface area contributed by atoms with Crippen molar-refractivity contribution in [2.75, 3.05) is 13.1 Å². The predicted molar refractivity (Wildman–Crippen MR) is 74.0 cm³/mol. The summed E-state index contributed by atoms with van der Waals surface area (Å²) in [6.07, 6.45) is 6.90. The van der Waals surface area contributed by atoms with E-state index < -0.39 is 0 Å². The summed E-state index contributed by atoms with van der Waals surface area (Å²) in [6, 6.07) is 0. The van der Waals surface area contributed by atoms with E-state index in [-0.39, 0.29) is 11.3 Å². The topological polar surface area (TPSA) is 55.1 Å². The number of nitrogens with one attached hydrogen (secondary N) is 1. The minimum atomic E-state index is -0.268. The molecule has 2 saturated carbocycles. The van der Waals surface area contributed by atoms with Crippen LogP contribution in [0, 0.1) is 23.2 Å². The average molecular weight is 252 g/mol. The van der Waals surface area contributed by atoms with Crippen LogP contribution < -0.4 is 11.1 Å². The molecule has 0 aromatic rings. The SMILES string of the molecule is CC1CCC(CN)(C(=O)NCC(C)C2CC2)CC1. The summed E-state index contributed by atoms with van der Waals surface area (Å²) >= 11 is 0. The summed E-state index contributed by atoms with van der Waals surface area (Å²) in [6.45, 7) is 5.85. The van der Waals surface area contributed by atoms with Gasteiger partial charge in [-0.3, -0.25) is 4.79 Å². The summed E-state index contributed by atoms with van der Waals surface area (Å²) in [5.41, 5.74) is 5.63. The van der Waals surface area contributed by atoms with Crippen LogP contribution in [0.25, 0.3) is 0 Å². The molecule has 0 aromatic heterocycles. The summed E-state index contributed by atoms with van der Waals surface area (Å²) in [5.74, 6) is 2.45. The number of hydrogen-bond donors (Lipinski definition) is 2. The van der Waals surface area contributed by atoms with Gasteiger partial charge in [0.25, 0.3) is 0 Å². The van der Waals surface area contributed by atoms with Crippen LogP contribution in [0.5, 0.6) is 0 Å². The minimum absolute atomic E-state index is 0.212. The van der Waals surface area contributed by atoms with E-state index in [2.05, 4.69) is 19.2 Å². The highest BCUT2D eigenvalue weighted by molar-refractivity contribution is 5.83. The second kappa shape index (κ2) is 5.60. The lowest BCUT2D eigenvalue weighted by Gasteiger charge is -2.37. The molecule has 3 heteroatoms. The van der Waals surface area contributed by atoms with Crippen molar-refractivity contribution in [2.45, 2.75) is 52.4 Å². The van der Waals surface area contributed by atoms with Gasteiger partial charge in [-0.15, -0.1) is 0 Å². The molecule has 3 nitrogen and oxygen atoms in total. The van der Waals surface area contributed by atoms with Gasteiger partial charge < -0.3 is 11.1 Å². The number of hydrogen-bond acceptors (Lipinski definition) is 2. The molecule has 2 aliphatic rings. The van der Waals surface area contributed by atoms with Crippen molar-refractivity contribution in [3.05, 3.63) is 0 Å². The first-order valence-electron chi connectivity index (χ1n) is 7.56. The number of amides is 1. The smallest absolute Gasteiger partial charge is 0.227 e. The molecular weight excluding hydrogens is 224 g/mol. The van der Waals surface area contributed by atoms with Gasteiger partial charge in [0, 0.05) is 13.1 Å². The summed E-state index contributed by atoms with van der Waals surface area (Å²) in [4.78, 5) is 12.4. The molecule has 0 aliphatic heterocycles. The Hall–Kier alpha value is -0.570. The van der Waals surface area contributed by atoms with Crippen molar-refractivity contribution in [3.63, 3.8) is 0 Å². The van der Waals surface area contributed by atoms with E-state index in [0.717, 1.165) is 44.1 Å². The third kappa shape index (κ3) is 3.05.